The molecule has 0 saturated carbocycles. The molecule has 2 rings (SSSR count). The van der Waals surface area contributed by atoms with Gasteiger partial charge in [0.15, 0.2) is 0 Å². The Morgan fingerprint density at radius 2 is 1.58 bits per heavy atom. The average Bonchev–Trinajstić information content (AvgIpc) is 2.47. The first kappa shape index (κ1) is 13.3. The van der Waals surface area contributed by atoms with Gasteiger partial charge in [0.05, 0.1) is 0 Å². The number of para-hydroxylation sites is 1. The maximum Gasteiger partial charge on any atom is 0.132 e. The van der Waals surface area contributed by atoms with Crippen LogP contribution in [-0.4, -0.2) is 5.78 Å². The van der Waals surface area contributed by atoms with Gasteiger partial charge in [-0.25, -0.2) is 0 Å². The topological polar surface area (TPSA) is 26.3 Å². The van der Waals surface area contributed by atoms with Crippen LogP contribution < -0.4 is 4.74 Å². The van der Waals surface area contributed by atoms with Gasteiger partial charge in [0, 0.05) is 12.8 Å². The lowest BCUT2D eigenvalue weighted by Gasteiger charge is -2.06. The summed E-state index contributed by atoms with van der Waals surface area (Å²) < 4.78 is 5.71. The molecule has 98 valence electrons. The van der Waals surface area contributed by atoms with Crippen LogP contribution in [-0.2, 0) is 11.2 Å². The van der Waals surface area contributed by atoms with E-state index in [0.717, 1.165) is 17.9 Å². The van der Waals surface area contributed by atoms with Crippen molar-refractivity contribution in [1.29, 1.82) is 0 Å². The van der Waals surface area contributed by atoms with E-state index >= 15 is 0 Å². The zero-order valence-electron chi connectivity index (χ0n) is 11.1. The van der Waals surface area contributed by atoms with E-state index in [1.165, 1.54) is 5.56 Å². The Morgan fingerprint density at radius 1 is 0.947 bits per heavy atom. The highest BCUT2D eigenvalue weighted by atomic mass is 16.5. The lowest BCUT2D eigenvalue weighted by Crippen LogP contribution is -1.97. The Labute approximate surface area is 114 Å². The van der Waals surface area contributed by atoms with E-state index in [1.807, 2.05) is 61.5 Å². The summed E-state index contributed by atoms with van der Waals surface area (Å²) in [5, 5.41) is 0. The van der Waals surface area contributed by atoms with Gasteiger partial charge < -0.3 is 4.74 Å². The third-order valence-corrected chi connectivity index (χ3v) is 2.99. The van der Waals surface area contributed by atoms with Gasteiger partial charge in [0.2, 0.25) is 0 Å². The first-order valence-electron chi connectivity index (χ1n) is 6.61. The van der Waals surface area contributed by atoms with Gasteiger partial charge in [-0.3, -0.25) is 4.79 Å². The molecule has 0 atom stereocenters. The molecular formula is C17H18O2. The molecular weight excluding hydrogens is 236 g/mol. The van der Waals surface area contributed by atoms with Gasteiger partial charge in [0.1, 0.15) is 17.3 Å². The molecule has 2 aromatic rings. The summed E-state index contributed by atoms with van der Waals surface area (Å²) in [7, 11) is 0. The van der Waals surface area contributed by atoms with Gasteiger partial charge in [0.25, 0.3) is 0 Å². The number of aryl methyl sites for hydroxylation is 1. The van der Waals surface area contributed by atoms with Crippen LogP contribution in [0.2, 0.25) is 0 Å². The quantitative estimate of drug-likeness (QED) is 0.764. The SMILES string of the molecule is CCC(=O)CCc1ccc(Oc2ccccc2)cc1. The number of carbonyl (C=O) groups is 1. The van der Waals surface area contributed by atoms with Crippen LogP contribution >= 0.6 is 0 Å². The minimum Gasteiger partial charge on any atom is -0.457 e. The molecule has 0 aromatic heterocycles. The number of hydrogen-bond acceptors (Lipinski definition) is 2. The zero-order valence-corrected chi connectivity index (χ0v) is 11.1. The van der Waals surface area contributed by atoms with Gasteiger partial charge in [-0.2, -0.15) is 0 Å². The standard InChI is InChI=1S/C17H18O2/c1-2-15(18)11-8-14-9-12-17(13-10-14)19-16-6-4-3-5-7-16/h3-7,9-10,12-13H,2,8,11H2,1H3. The minimum atomic E-state index is 0.310. The van der Waals surface area contributed by atoms with Gasteiger partial charge in [-0.05, 0) is 36.2 Å². The summed E-state index contributed by atoms with van der Waals surface area (Å²) in [5.41, 5.74) is 1.17. The van der Waals surface area contributed by atoms with Crippen LogP contribution in [0.15, 0.2) is 54.6 Å². The second-order valence-electron chi connectivity index (χ2n) is 4.45. The molecule has 0 aliphatic carbocycles. The van der Waals surface area contributed by atoms with E-state index < -0.39 is 0 Å². The third-order valence-electron chi connectivity index (χ3n) is 2.99. The average molecular weight is 254 g/mol. The Morgan fingerprint density at radius 3 is 2.21 bits per heavy atom. The number of ether oxygens (including phenoxy) is 1. The van der Waals surface area contributed by atoms with Gasteiger partial charge in [-0.1, -0.05) is 37.3 Å². The zero-order chi connectivity index (χ0) is 13.5. The van der Waals surface area contributed by atoms with E-state index in [-0.39, 0.29) is 0 Å². The van der Waals surface area contributed by atoms with Crippen LogP contribution in [0, 0.1) is 0 Å². The predicted molar refractivity (Wildman–Crippen MR) is 76.6 cm³/mol. The number of benzene rings is 2. The highest BCUT2D eigenvalue weighted by Crippen LogP contribution is 2.21. The molecule has 19 heavy (non-hydrogen) atoms. The van der Waals surface area contributed by atoms with Crippen LogP contribution in [0.25, 0.3) is 0 Å². The Bertz CT molecular complexity index is 515. The first-order valence-corrected chi connectivity index (χ1v) is 6.61. The van der Waals surface area contributed by atoms with Crippen LogP contribution in [0.5, 0.6) is 11.5 Å². The van der Waals surface area contributed by atoms with E-state index in [9.17, 15) is 4.79 Å². The Kier molecular flexibility index (Phi) is 4.73. The fourth-order valence-corrected chi connectivity index (χ4v) is 1.81. The summed E-state index contributed by atoms with van der Waals surface area (Å²) in [6.07, 6.45) is 2.04. The maximum absolute atomic E-state index is 11.3. The van der Waals surface area contributed by atoms with Gasteiger partial charge in [-0.15, -0.1) is 0 Å². The van der Waals surface area contributed by atoms with Crippen molar-refractivity contribution in [2.24, 2.45) is 0 Å². The molecule has 0 aliphatic rings. The summed E-state index contributed by atoms with van der Waals surface area (Å²) in [6, 6.07) is 17.6. The van der Waals surface area contributed by atoms with Crippen molar-refractivity contribution in [3.05, 3.63) is 60.2 Å². The molecule has 0 saturated heterocycles. The maximum atomic E-state index is 11.3. The normalized spacial score (nSPS) is 10.2. The highest BCUT2D eigenvalue weighted by Gasteiger charge is 2.01. The van der Waals surface area contributed by atoms with Crippen LogP contribution in [0.3, 0.4) is 0 Å². The van der Waals surface area contributed by atoms with Crippen molar-refractivity contribution >= 4 is 5.78 Å². The molecule has 0 fully saturated rings. The second-order valence-corrected chi connectivity index (χ2v) is 4.45. The van der Waals surface area contributed by atoms with Crippen molar-refractivity contribution in [2.75, 3.05) is 0 Å². The molecule has 2 aromatic carbocycles. The fourth-order valence-electron chi connectivity index (χ4n) is 1.81. The molecule has 0 bridgehead atoms. The summed E-state index contributed by atoms with van der Waals surface area (Å²) in [6.45, 7) is 1.90. The van der Waals surface area contributed by atoms with Crippen molar-refractivity contribution in [2.45, 2.75) is 26.2 Å². The minimum absolute atomic E-state index is 0.310. The summed E-state index contributed by atoms with van der Waals surface area (Å²) >= 11 is 0. The molecule has 0 heterocycles. The van der Waals surface area contributed by atoms with Crippen molar-refractivity contribution < 1.29 is 9.53 Å². The molecule has 0 N–H and O–H groups in total. The molecule has 0 unspecified atom stereocenters. The van der Waals surface area contributed by atoms with Crippen molar-refractivity contribution in [3.63, 3.8) is 0 Å². The molecule has 2 nitrogen and oxygen atoms in total. The second kappa shape index (κ2) is 6.74. The lowest BCUT2D eigenvalue weighted by atomic mass is 10.1. The molecule has 0 spiro atoms. The van der Waals surface area contributed by atoms with Crippen molar-refractivity contribution in [1.82, 2.24) is 0 Å². The number of Topliss-reactive ketones (excluding diaryl/α,β-unsaturated/α-hetero) is 1. The fraction of sp³-hybridized carbons (Fsp3) is 0.235. The molecule has 2 heteroatoms. The molecule has 0 amide bonds. The number of rotatable bonds is 6. The van der Waals surface area contributed by atoms with Crippen LogP contribution in [0.4, 0.5) is 0 Å². The monoisotopic (exact) mass is 254 g/mol. The van der Waals surface area contributed by atoms with E-state index in [0.29, 0.717) is 18.6 Å². The molecule has 0 radical (unpaired) electrons. The largest absolute Gasteiger partial charge is 0.457 e. The Balaban J connectivity index is 1.93. The van der Waals surface area contributed by atoms with E-state index in [2.05, 4.69) is 0 Å². The van der Waals surface area contributed by atoms with E-state index in [1.54, 1.807) is 0 Å². The number of hydrogen-bond donors (Lipinski definition) is 0. The number of carbonyl (C=O) groups excluding carboxylic acids is 1. The van der Waals surface area contributed by atoms with Crippen molar-refractivity contribution in [3.8, 4) is 11.5 Å². The first-order chi connectivity index (χ1) is 9.28. The van der Waals surface area contributed by atoms with Crippen LogP contribution in [0.1, 0.15) is 25.3 Å². The highest BCUT2D eigenvalue weighted by molar-refractivity contribution is 5.78. The van der Waals surface area contributed by atoms with Gasteiger partial charge >= 0.3 is 0 Å². The lowest BCUT2D eigenvalue weighted by molar-refractivity contribution is -0.118. The summed E-state index contributed by atoms with van der Waals surface area (Å²) in [4.78, 5) is 11.3. The Hall–Kier alpha value is -2.09. The third kappa shape index (κ3) is 4.25. The predicted octanol–water partition coefficient (Wildman–Crippen LogP) is 4.39. The van der Waals surface area contributed by atoms with E-state index in [4.69, 9.17) is 4.74 Å². The molecule has 0 aliphatic heterocycles. The number of ketones is 1. The smallest absolute Gasteiger partial charge is 0.132 e. The summed E-state index contributed by atoms with van der Waals surface area (Å²) in [5.74, 6) is 1.96.